The van der Waals surface area contributed by atoms with Crippen molar-refractivity contribution in [2.24, 2.45) is 0 Å². The monoisotopic (exact) mass is 735 g/mol. The van der Waals surface area contributed by atoms with Crippen LogP contribution in [0.15, 0.2) is 180 Å². The number of fused-ring (bicyclic) bond motifs is 6. The first kappa shape index (κ1) is 32.1. The molecule has 0 spiro atoms. The summed E-state index contributed by atoms with van der Waals surface area (Å²) in [4.78, 5) is 25.3. The summed E-state index contributed by atoms with van der Waals surface area (Å²) in [5, 5.41) is 3.12. The number of rotatable bonds is 6. The van der Waals surface area contributed by atoms with Gasteiger partial charge in [-0.2, -0.15) is 0 Å². The van der Waals surface area contributed by atoms with Crippen LogP contribution in [-0.4, -0.2) is 24.9 Å². The molecule has 0 fully saturated rings. The number of benzene rings is 7. The molecule has 7 aromatic carbocycles. The molecule has 0 saturated carbocycles. The van der Waals surface area contributed by atoms with E-state index in [1.54, 1.807) is 11.3 Å². The van der Waals surface area contributed by atoms with Crippen LogP contribution in [0.4, 0.5) is 0 Å². The first-order valence-corrected chi connectivity index (χ1v) is 19.2. The highest BCUT2D eigenvalue weighted by atomic mass is 32.1. The highest BCUT2D eigenvalue weighted by Crippen LogP contribution is 2.41. The fourth-order valence-electron chi connectivity index (χ4n) is 7.39. The molecule has 0 radical (unpaired) electrons. The van der Waals surface area contributed by atoms with E-state index >= 15 is 0 Å². The van der Waals surface area contributed by atoms with E-state index in [1.165, 1.54) is 4.70 Å². The van der Waals surface area contributed by atoms with Crippen LogP contribution in [0.25, 0.3) is 110 Å². The number of hydrogen-bond acceptors (Lipinski definition) is 7. The minimum Gasteiger partial charge on any atom is -0.456 e. The first-order chi connectivity index (χ1) is 27.7. The maximum Gasteiger partial charge on any atom is 0.164 e. The molecule has 56 heavy (non-hydrogen) atoms. The fraction of sp³-hybridized carbons (Fsp3) is 0. The molecule has 11 rings (SSSR count). The summed E-state index contributed by atoms with van der Waals surface area (Å²) in [5.41, 5.74) is 10.3. The summed E-state index contributed by atoms with van der Waals surface area (Å²) in [6.45, 7) is 0. The second-order valence-corrected chi connectivity index (χ2v) is 14.7. The smallest absolute Gasteiger partial charge is 0.164 e. The zero-order chi connectivity index (χ0) is 37.0. The topological polar surface area (TPSA) is 77.6 Å². The third-order valence-corrected chi connectivity index (χ3v) is 11.3. The molecule has 0 atom stereocenters. The fourth-order valence-corrected chi connectivity index (χ4v) is 8.54. The van der Waals surface area contributed by atoms with Crippen molar-refractivity contribution in [3.63, 3.8) is 0 Å². The van der Waals surface area contributed by atoms with Gasteiger partial charge in [0.25, 0.3) is 0 Å². The second-order valence-electron chi connectivity index (χ2n) is 13.7. The largest absolute Gasteiger partial charge is 0.456 e. The van der Waals surface area contributed by atoms with E-state index in [9.17, 15) is 0 Å². The lowest BCUT2D eigenvalue weighted by Gasteiger charge is -2.10. The van der Waals surface area contributed by atoms with E-state index in [-0.39, 0.29) is 0 Å². The first-order valence-electron chi connectivity index (χ1n) is 18.4. The Kier molecular flexibility index (Phi) is 7.57. The standard InChI is InChI=1S/C49H29N5OS/c1-4-13-30(14-5-1)33-19-12-20-35(27-33)48-52-47(32-17-8-3-9-18-32)53-49(54-48)36-24-26-40-39(28-36)37-25-23-34(29-41(37)55-40)43-45-44(38-21-10-11-22-42(38)56-45)51-46(50-43)31-15-6-2-7-16-31/h1-29H. The Morgan fingerprint density at radius 3 is 1.64 bits per heavy atom. The van der Waals surface area contributed by atoms with Crippen molar-refractivity contribution in [2.45, 2.75) is 0 Å². The summed E-state index contributed by atoms with van der Waals surface area (Å²) in [5.74, 6) is 2.52. The van der Waals surface area contributed by atoms with Crippen molar-refractivity contribution in [3.8, 4) is 67.9 Å². The van der Waals surface area contributed by atoms with Gasteiger partial charge in [0.05, 0.1) is 15.9 Å². The lowest BCUT2D eigenvalue weighted by atomic mass is 10.0. The van der Waals surface area contributed by atoms with Crippen molar-refractivity contribution >= 4 is 53.6 Å². The Hall–Kier alpha value is -7.35. The predicted molar refractivity (Wildman–Crippen MR) is 228 cm³/mol. The molecule has 11 aromatic rings. The van der Waals surface area contributed by atoms with Crippen LogP contribution in [0.1, 0.15) is 0 Å². The molecule has 0 N–H and O–H groups in total. The minimum absolute atomic E-state index is 0.591. The molecular formula is C49H29N5OS. The second kappa shape index (κ2) is 13.2. The number of hydrogen-bond donors (Lipinski definition) is 0. The van der Waals surface area contributed by atoms with Crippen molar-refractivity contribution in [1.29, 1.82) is 0 Å². The van der Waals surface area contributed by atoms with Gasteiger partial charge in [-0.25, -0.2) is 24.9 Å². The Balaban J connectivity index is 1.04. The zero-order valence-corrected chi connectivity index (χ0v) is 30.6. The van der Waals surface area contributed by atoms with Gasteiger partial charge >= 0.3 is 0 Å². The third kappa shape index (κ3) is 5.61. The van der Waals surface area contributed by atoms with E-state index in [0.29, 0.717) is 23.3 Å². The Labute approximate surface area is 325 Å². The molecule has 0 unspecified atom stereocenters. The molecule has 0 aliphatic carbocycles. The van der Waals surface area contributed by atoms with Gasteiger partial charge in [0.2, 0.25) is 0 Å². The Morgan fingerprint density at radius 2 is 0.911 bits per heavy atom. The molecule has 6 nitrogen and oxygen atoms in total. The van der Waals surface area contributed by atoms with Gasteiger partial charge in [-0.3, -0.25) is 0 Å². The average molecular weight is 736 g/mol. The zero-order valence-electron chi connectivity index (χ0n) is 29.8. The number of thiophene rings is 1. The average Bonchev–Trinajstić information content (AvgIpc) is 3.84. The number of aromatic nitrogens is 5. The summed E-state index contributed by atoms with van der Waals surface area (Å²) in [6.07, 6.45) is 0. The quantitative estimate of drug-likeness (QED) is 0.169. The van der Waals surface area contributed by atoms with Gasteiger partial charge in [-0.1, -0.05) is 133 Å². The molecule has 0 bridgehead atoms. The molecule has 7 heteroatoms. The van der Waals surface area contributed by atoms with Gasteiger partial charge < -0.3 is 4.42 Å². The highest BCUT2D eigenvalue weighted by molar-refractivity contribution is 7.26. The van der Waals surface area contributed by atoms with Crippen molar-refractivity contribution < 1.29 is 4.42 Å². The predicted octanol–water partition coefficient (Wildman–Crippen LogP) is 12.9. The van der Waals surface area contributed by atoms with E-state index in [2.05, 4.69) is 109 Å². The van der Waals surface area contributed by atoms with Gasteiger partial charge in [0.15, 0.2) is 23.3 Å². The summed E-state index contributed by atoms with van der Waals surface area (Å²) in [6, 6.07) is 59.9. The molecule has 4 heterocycles. The van der Waals surface area contributed by atoms with Crippen LogP contribution in [-0.2, 0) is 0 Å². The van der Waals surface area contributed by atoms with Crippen LogP contribution in [0, 0.1) is 0 Å². The molecule has 4 aromatic heterocycles. The maximum absolute atomic E-state index is 6.54. The lowest BCUT2D eigenvalue weighted by molar-refractivity contribution is 0.669. The van der Waals surface area contributed by atoms with Crippen LogP contribution >= 0.6 is 11.3 Å². The van der Waals surface area contributed by atoms with Gasteiger partial charge in [0.1, 0.15) is 11.2 Å². The molecule has 0 aliphatic rings. The molecule has 0 saturated heterocycles. The third-order valence-electron chi connectivity index (χ3n) is 10.1. The van der Waals surface area contributed by atoms with Crippen LogP contribution < -0.4 is 0 Å². The maximum atomic E-state index is 6.54. The normalized spacial score (nSPS) is 11.6. The van der Waals surface area contributed by atoms with Crippen molar-refractivity contribution in [3.05, 3.63) is 176 Å². The lowest BCUT2D eigenvalue weighted by Crippen LogP contribution is -2.00. The van der Waals surface area contributed by atoms with Crippen LogP contribution in [0.3, 0.4) is 0 Å². The summed E-state index contributed by atoms with van der Waals surface area (Å²) >= 11 is 1.72. The van der Waals surface area contributed by atoms with E-state index in [4.69, 9.17) is 29.3 Å². The number of nitrogens with zero attached hydrogens (tertiary/aromatic N) is 5. The minimum atomic E-state index is 0.591. The SMILES string of the molecule is c1ccc(-c2cccc(-c3nc(-c4ccccc4)nc(-c4ccc5oc6cc(-c7nc(-c8ccccc8)nc8c7sc7ccccc78)ccc6c5c4)n3)c2)cc1. The van der Waals surface area contributed by atoms with Gasteiger partial charge in [-0.15, -0.1) is 11.3 Å². The van der Waals surface area contributed by atoms with E-state index in [1.807, 2.05) is 66.7 Å². The van der Waals surface area contributed by atoms with Crippen LogP contribution in [0.5, 0.6) is 0 Å². The van der Waals surface area contributed by atoms with E-state index in [0.717, 1.165) is 82.2 Å². The highest BCUT2D eigenvalue weighted by Gasteiger charge is 2.19. The van der Waals surface area contributed by atoms with Crippen molar-refractivity contribution in [1.82, 2.24) is 24.9 Å². The summed E-state index contributed by atoms with van der Waals surface area (Å²) < 4.78 is 8.77. The van der Waals surface area contributed by atoms with E-state index < -0.39 is 0 Å². The van der Waals surface area contributed by atoms with Crippen LogP contribution in [0.2, 0.25) is 0 Å². The Morgan fingerprint density at radius 1 is 0.339 bits per heavy atom. The molecule has 0 amide bonds. The molecular weight excluding hydrogens is 707 g/mol. The van der Waals surface area contributed by atoms with Gasteiger partial charge in [0, 0.05) is 48.7 Å². The molecule has 262 valence electrons. The molecule has 0 aliphatic heterocycles. The van der Waals surface area contributed by atoms with Gasteiger partial charge in [-0.05, 0) is 53.6 Å². The van der Waals surface area contributed by atoms with Crippen molar-refractivity contribution in [2.75, 3.05) is 0 Å². The number of furan rings is 1. The Bertz CT molecular complexity index is 3250. The summed E-state index contributed by atoms with van der Waals surface area (Å²) in [7, 11) is 0.